The molecule has 8 nitrogen and oxygen atoms in total. The summed E-state index contributed by atoms with van der Waals surface area (Å²) in [5, 5.41) is 2.36. The molecule has 0 unspecified atom stereocenters. The first-order chi connectivity index (χ1) is 17.5. The number of benzene rings is 1. The lowest BCUT2D eigenvalue weighted by atomic mass is 9.83. The normalized spacial score (nSPS) is 27.0. The van der Waals surface area contributed by atoms with Crippen LogP contribution in [0.15, 0.2) is 36.7 Å². The van der Waals surface area contributed by atoms with Gasteiger partial charge in [-0.05, 0) is 73.6 Å². The molecule has 1 N–H and O–H groups in total. The number of fused-ring (bicyclic) bond motifs is 1. The Labute approximate surface area is 211 Å². The second kappa shape index (κ2) is 9.32. The summed E-state index contributed by atoms with van der Waals surface area (Å²) in [4.78, 5) is 45.2. The topological polar surface area (TPSA) is 91.8 Å². The Bertz CT molecular complexity index is 1210. The van der Waals surface area contributed by atoms with E-state index in [4.69, 9.17) is 4.74 Å². The maximum atomic E-state index is 13.0. The smallest absolute Gasteiger partial charge is 0.255 e. The molecule has 3 aliphatic heterocycles. The number of nitrogens with one attached hydrogen (secondary N) is 1. The van der Waals surface area contributed by atoms with Gasteiger partial charge in [0.05, 0.1) is 0 Å². The third-order valence-electron chi connectivity index (χ3n) is 8.33. The Hall–Kier alpha value is -3.26. The number of aromatic nitrogens is 1. The van der Waals surface area contributed by atoms with Gasteiger partial charge >= 0.3 is 0 Å². The molecule has 188 valence electrons. The second-order valence-corrected chi connectivity index (χ2v) is 10.6. The molecule has 3 fully saturated rings. The SMILES string of the molecule is Cc1cnccc1C1CN([C@@H]2CCCC[C@@H]2Oc2ccc3c(c2)CN([C@H]2CCC(=O)NC2=O)C3=O)C1. The molecule has 1 aromatic heterocycles. The van der Waals surface area contributed by atoms with E-state index in [1.54, 1.807) is 4.90 Å². The lowest BCUT2D eigenvalue weighted by Gasteiger charge is -2.48. The van der Waals surface area contributed by atoms with E-state index in [-0.39, 0.29) is 30.2 Å². The maximum absolute atomic E-state index is 13.0. The summed E-state index contributed by atoms with van der Waals surface area (Å²) in [5.74, 6) is 0.524. The fourth-order valence-corrected chi connectivity index (χ4v) is 6.35. The van der Waals surface area contributed by atoms with Gasteiger partial charge in [-0.1, -0.05) is 6.42 Å². The zero-order chi connectivity index (χ0) is 24.8. The van der Waals surface area contributed by atoms with Crippen LogP contribution in [0.5, 0.6) is 5.75 Å². The zero-order valence-corrected chi connectivity index (χ0v) is 20.6. The molecule has 2 saturated heterocycles. The van der Waals surface area contributed by atoms with E-state index >= 15 is 0 Å². The maximum Gasteiger partial charge on any atom is 0.255 e. The van der Waals surface area contributed by atoms with Crippen molar-refractivity contribution in [2.24, 2.45) is 0 Å². The molecule has 3 amide bonds. The molecule has 1 saturated carbocycles. The monoisotopic (exact) mass is 488 g/mol. The van der Waals surface area contributed by atoms with Crippen LogP contribution in [0.1, 0.15) is 71.5 Å². The molecule has 6 rings (SSSR count). The van der Waals surface area contributed by atoms with Gasteiger partial charge in [-0.2, -0.15) is 0 Å². The summed E-state index contributed by atoms with van der Waals surface area (Å²) in [5.41, 5.74) is 4.16. The summed E-state index contributed by atoms with van der Waals surface area (Å²) in [6.45, 7) is 4.60. The number of hydrogen-bond acceptors (Lipinski definition) is 6. The minimum absolute atomic E-state index is 0.125. The van der Waals surface area contributed by atoms with Crippen molar-refractivity contribution in [1.29, 1.82) is 0 Å². The van der Waals surface area contributed by atoms with Gasteiger partial charge in [0.15, 0.2) is 0 Å². The summed E-state index contributed by atoms with van der Waals surface area (Å²) in [7, 11) is 0. The van der Waals surface area contributed by atoms with Crippen molar-refractivity contribution in [3.05, 3.63) is 58.9 Å². The average Bonchev–Trinajstić information content (AvgIpc) is 3.16. The predicted molar refractivity (Wildman–Crippen MR) is 132 cm³/mol. The third-order valence-corrected chi connectivity index (χ3v) is 8.33. The first-order valence-corrected chi connectivity index (χ1v) is 13.1. The number of aryl methyl sites for hydroxylation is 1. The lowest BCUT2D eigenvalue weighted by Crippen LogP contribution is -2.57. The number of amides is 3. The third kappa shape index (κ3) is 4.17. The van der Waals surface area contributed by atoms with Crippen molar-refractivity contribution in [1.82, 2.24) is 20.1 Å². The van der Waals surface area contributed by atoms with E-state index in [0.717, 1.165) is 43.7 Å². The van der Waals surface area contributed by atoms with Gasteiger partial charge in [-0.15, -0.1) is 0 Å². The molecule has 0 bridgehead atoms. The van der Waals surface area contributed by atoms with Crippen LogP contribution in [0.25, 0.3) is 0 Å². The van der Waals surface area contributed by atoms with Crippen molar-refractivity contribution >= 4 is 17.7 Å². The lowest BCUT2D eigenvalue weighted by molar-refractivity contribution is -0.136. The van der Waals surface area contributed by atoms with Crippen LogP contribution in [0, 0.1) is 6.92 Å². The molecule has 0 radical (unpaired) electrons. The van der Waals surface area contributed by atoms with Crippen LogP contribution < -0.4 is 10.1 Å². The first kappa shape index (κ1) is 23.2. The van der Waals surface area contributed by atoms with Gasteiger partial charge in [-0.3, -0.25) is 29.6 Å². The Morgan fingerprint density at radius 3 is 2.69 bits per heavy atom. The Kier molecular flexibility index (Phi) is 5.99. The molecule has 1 aliphatic carbocycles. The average molecular weight is 489 g/mol. The number of likely N-dealkylation sites (tertiary alicyclic amines) is 1. The van der Waals surface area contributed by atoms with E-state index in [2.05, 4.69) is 28.2 Å². The minimum atomic E-state index is -0.599. The molecule has 1 aromatic carbocycles. The van der Waals surface area contributed by atoms with Crippen molar-refractivity contribution in [2.45, 2.75) is 76.1 Å². The summed E-state index contributed by atoms with van der Waals surface area (Å²) >= 11 is 0. The summed E-state index contributed by atoms with van der Waals surface area (Å²) in [6, 6.07) is 7.61. The molecule has 4 aliphatic rings. The van der Waals surface area contributed by atoms with Crippen LogP contribution in [0.2, 0.25) is 0 Å². The number of pyridine rings is 1. The molecule has 3 atom stereocenters. The number of rotatable bonds is 5. The highest BCUT2D eigenvalue weighted by Gasteiger charge is 2.41. The van der Waals surface area contributed by atoms with E-state index in [1.807, 2.05) is 30.6 Å². The van der Waals surface area contributed by atoms with Crippen molar-refractivity contribution in [2.75, 3.05) is 13.1 Å². The fraction of sp³-hybridized carbons (Fsp3) is 0.500. The number of ether oxygens (including phenoxy) is 1. The van der Waals surface area contributed by atoms with Crippen LogP contribution >= 0.6 is 0 Å². The van der Waals surface area contributed by atoms with Gasteiger partial charge < -0.3 is 9.64 Å². The minimum Gasteiger partial charge on any atom is -0.489 e. The van der Waals surface area contributed by atoms with Gasteiger partial charge in [-0.25, -0.2) is 0 Å². The number of nitrogens with zero attached hydrogens (tertiary/aromatic N) is 3. The van der Waals surface area contributed by atoms with Crippen molar-refractivity contribution in [3.8, 4) is 5.75 Å². The van der Waals surface area contributed by atoms with Gasteiger partial charge in [0.2, 0.25) is 11.8 Å². The number of carbonyl (C=O) groups is 3. The summed E-state index contributed by atoms with van der Waals surface area (Å²) in [6.07, 6.45) is 9.13. The number of piperidine rings is 1. The van der Waals surface area contributed by atoms with Crippen molar-refractivity contribution in [3.63, 3.8) is 0 Å². The standard InChI is InChI=1S/C28H32N4O4/c1-17-13-29-11-10-21(17)19-14-31(15-19)23-4-2-3-5-25(23)36-20-6-7-22-18(12-20)16-32(28(22)35)24-8-9-26(33)30-27(24)34/h6-7,10-13,19,23-25H,2-5,8-9,14-16H2,1H3,(H,30,33,34)/t23-,24+,25+/m1/s1. The largest absolute Gasteiger partial charge is 0.489 e. The molecule has 4 heterocycles. The number of hydrogen-bond donors (Lipinski definition) is 1. The van der Waals surface area contributed by atoms with E-state index in [0.29, 0.717) is 30.5 Å². The van der Waals surface area contributed by atoms with E-state index in [1.165, 1.54) is 17.5 Å². The highest BCUT2D eigenvalue weighted by molar-refractivity contribution is 6.05. The highest BCUT2D eigenvalue weighted by atomic mass is 16.5. The van der Waals surface area contributed by atoms with Crippen LogP contribution in [0.3, 0.4) is 0 Å². The van der Waals surface area contributed by atoms with Crippen molar-refractivity contribution < 1.29 is 19.1 Å². The predicted octanol–water partition coefficient (Wildman–Crippen LogP) is 2.94. The highest BCUT2D eigenvalue weighted by Crippen LogP contribution is 2.37. The summed E-state index contributed by atoms with van der Waals surface area (Å²) < 4.78 is 6.56. The van der Waals surface area contributed by atoms with Crippen LogP contribution in [-0.2, 0) is 16.1 Å². The van der Waals surface area contributed by atoms with Gasteiger partial charge in [0.1, 0.15) is 17.9 Å². The molecule has 8 heteroatoms. The Morgan fingerprint density at radius 2 is 1.89 bits per heavy atom. The van der Waals surface area contributed by atoms with E-state index in [9.17, 15) is 14.4 Å². The molecule has 2 aromatic rings. The fourth-order valence-electron chi connectivity index (χ4n) is 6.35. The Morgan fingerprint density at radius 1 is 1.06 bits per heavy atom. The number of imide groups is 1. The van der Waals surface area contributed by atoms with Gasteiger partial charge in [0, 0.05) is 56.0 Å². The molecule has 36 heavy (non-hydrogen) atoms. The van der Waals surface area contributed by atoms with Crippen LogP contribution in [0.4, 0.5) is 0 Å². The quantitative estimate of drug-likeness (QED) is 0.651. The molecule has 0 spiro atoms. The Balaban J connectivity index is 1.12. The van der Waals surface area contributed by atoms with Gasteiger partial charge in [0.25, 0.3) is 5.91 Å². The number of carbonyl (C=O) groups excluding carboxylic acids is 3. The zero-order valence-electron chi connectivity index (χ0n) is 20.6. The molecular weight excluding hydrogens is 456 g/mol. The van der Waals surface area contributed by atoms with Crippen LogP contribution in [-0.4, -0.2) is 63.8 Å². The first-order valence-electron chi connectivity index (χ1n) is 13.1. The molecular formula is C28H32N4O4. The second-order valence-electron chi connectivity index (χ2n) is 10.6. The van der Waals surface area contributed by atoms with E-state index < -0.39 is 6.04 Å².